The molecule has 1 N–H and O–H groups in total. The molecule has 0 aromatic heterocycles. The number of benzene rings is 2. The van der Waals surface area contributed by atoms with Crippen LogP contribution in [0.4, 0.5) is 10.1 Å². The van der Waals surface area contributed by atoms with Gasteiger partial charge in [0.25, 0.3) is 5.91 Å². The summed E-state index contributed by atoms with van der Waals surface area (Å²) in [6, 6.07) is 11.9. The van der Waals surface area contributed by atoms with E-state index in [2.05, 4.69) is 42.0 Å². The minimum atomic E-state index is -0.407. The molecule has 0 bridgehead atoms. The molecular weight excluding hydrogens is 333 g/mol. The molecule has 0 unspecified atom stereocenters. The molecule has 0 atom stereocenters. The van der Waals surface area contributed by atoms with Crippen molar-refractivity contribution in [3.63, 3.8) is 0 Å². The number of halogens is 2. The first-order chi connectivity index (χ1) is 9.77. The number of nitrogens with one attached hydrogen (secondary N) is 1. The van der Waals surface area contributed by atoms with Crippen molar-refractivity contribution in [2.45, 2.75) is 26.2 Å². The molecule has 0 saturated heterocycles. The van der Waals surface area contributed by atoms with Gasteiger partial charge in [-0.2, -0.15) is 0 Å². The molecule has 0 aliphatic heterocycles. The van der Waals surface area contributed by atoms with Crippen molar-refractivity contribution in [3.05, 3.63) is 63.9 Å². The van der Waals surface area contributed by atoms with Crippen molar-refractivity contribution in [2.24, 2.45) is 0 Å². The number of carbonyl (C=O) groups is 1. The van der Waals surface area contributed by atoms with Crippen LogP contribution in [0.1, 0.15) is 36.7 Å². The Morgan fingerprint density at radius 1 is 1.10 bits per heavy atom. The first-order valence-electron chi connectivity index (χ1n) is 6.64. The Kier molecular flexibility index (Phi) is 4.47. The van der Waals surface area contributed by atoms with E-state index in [4.69, 9.17) is 0 Å². The fourth-order valence-electron chi connectivity index (χ4n) is 1.90. The monoisotopic (exact) mass is 349 g/mol. The third kappa shape index (κ3) is 3.91. The van der Waals surface area contributed by atoms with Crippen LogP contribution in [0.15, 0.2) is 46.9 Å². The molecule has 0 saturated carbocycles. The first kappa shape index (κ1) is 15.7. The van der Waals surface area contributed by atoms with Crippen molar-refractivity contribution in [2.75, 3.05) is 5.32 Å². The van der Waals surface area contributed by atoms with E-state index in [-0.39, 0.29) is 11.3 Å². The standard InChI is InChI=1S/C17H17BrFNO/c1-17(2,3)12-6-4-11(5-7-12)16(21)20-13-8-9-14(18)15(19)10-13/h4-10H,1-3H3,(H,20,21). The fourth-order valence-corrected chi connectivity index (χ4v) is 2.15. The first-order valence-corrected chi connectivity index (χ1v) is 7.43. The lowest BCUT2D eigenvalue weighted by atomic mass is 9.87. The average Bonchev–Trinajstić information content (AvgIpc) is 2.42. The zero-order valence-electron chi connectivity index (χ0n) is 12.2. The molecule has 1 amide bonds. The number of anilines is 1. The highest BCUT2D eigenvalue weighted by Gasteiger charge is 2.14. The van der Waals surface area contributed by atoms with E-state index >= 15 is 0 Å². The summed E-state index contributed by atoms with van der Waals surface area (Å²) < 4.78 is 13.8. The largest absolute Gasteiger partial charge is 0.322 e. The molecule has 2 nitrogen and oxygen atoms in total. The average molecular weight is 350 g/mol. The normalized spacial score (nSPS) is 11.3. The molecule has 110 valence electrons. The Morgan fingerprint density at radius 3 is 2.24 bits per heavy atom. The summed E-state index contributed by atoms with van der Waals surface area (Å²) in [7, 11) is 0. The predicted octanol–water partition coefficient (Wildman–Crippen LogP) is 5.14. The molecule has 0 fully saturated rings. The number of carbonyl (C=O) groups excluding carboxylic acids is 1. The van der Waals surface area contributed by atoms with Gasteiger partial charge >= 0.3 is 0 Å². The highest BCUT2D eigenvalue weighted by Crippen LogP contribution is 2.23. The number of amides is 1. The third-order valence-corrected chi connectivity index (χ3v) is 3.83. The van der Waals surface area contributed by atoms with Crippen molar-refractivity contribution in [1.29, 1.82) is 0 Å². The van der Waals surface area contributed by atoms with Crippen LogP contribution in [0.25, 0.3) is 0 Å². The lowest BCUT2D eigenvalue weighted by molar-refractivity contribution is 0.102. The van der Waals surface area contributed by atoms with Gasteiger partial charge in [-0.15, -0.1) is 0 Å². The number of hydrogen-bond acceptors (Lipinski definition) is 1. The maximum absolute atomic E-state index is 13.4. The Balaban J connectivity index is 2.15. The Hall–Kier alpha value is -1.68. The van der Waals surface area contributed by atoms with Gasteiger partial charge in [-0.25, -0.2) is 4.39 Å². The Labute approximate surface area is 132 Å². The van der Waals surface area contributed by atoms with E-state index in [1.165, 1.54) is 6.07 Å². The van der Waals surface area contributed by atoms with E-state index in [0.717, 1.165) is 5.56 Å². The molecule has 0 aliphatic carbocycles. The summed E-state index contributed by atoms with van der Waals surface area (Å²) >= 11 is 3.08. The van der Waals surface area contributed by atoms with Crippen LogP contribution in [0.5, 0.6) is 0 Å². The molecule has 4 heteroatoms. The Morgan fingerprint density at radius 2 is 1.71 bits per heavy atom. The zero-order chi connectivity index (χ0) is 15.6. The molecular formula is C17H17BrFNO. The van der Waals surface area contributed by atoms with Crippen molar-refractivity contribution >= 4 is 27.5 Å². The Bertz CT molecular complexity index is 659. The summed E-state index contributed by atoms with van der Waals surface area (Å²) in [6.45, 7) is 6.35. The van der Waals surface area contributed by atoms with Gasteiger partial charge in [0.05, 0.1) is 4.47 Å². The zero-order valence-corrected chi connectivity index (χ0v) is 13.8. The summed E-state index contributed by atoms with van der Waals surface area (Å²) in [5.41, 5.74) is 2.18. The molecule has 2 aromatic rings. The van der Waals surface area contributed by atoms with Gasteiger partial charge < -0.3 is 5.32 Å². The van der Waals surface area contributed by atoms with Gasteiger partial charge in [-0.05, 0) is 57.2 Å². The van der Waals surface area contributed by atoms with Gasteiger partial charge in [0.15, 0.2) is 0 Å². The highest BCUT2D eigenvalue weighted by molar-refractivity contribution is 9.10. The molecule has 0 spiro atoms. The molecule has 2 rings (SSSR count). The molecule has 21 heavy (non-hydrogen) atoms. The van der Waals surface area contributed by atoms with E-state index in [1.54, 1.807) is 24.3 Å². The quantitative estimate of drug-likeness (QED) is 0.799. The maximum Gasteiger partial charge on any atom is 0.255 e. The van der Waals surface area contributed by atoms with Crippen LogP contribution in [-0.4, -0.2) is 5.91 Å². The topological polar surface area (TPSA) is 29.1 Å². The third-order valence-electron chi connectivity index (χ3n) is 3.19. The number of hydrogen-bond donors (Lipinski definition) is 1. The van der Waals surface area contributed by atoms with Crippen LogP contribution in [0.2, 0.25) is 0 Å². The van der Waals surface area contributed by atoms with Crippen LogP contribution in [0.3, 0.4) is 0 Å². The van der Waals surface area contributed by atoms with Gasteiger partial charge in [0.2, 0.25) is 0 Å². The van der Waals surface area contributed by atoms with Crippen molar-refractivity contribution in [1.82, 2.24) is 0 Å². The smallest absolute Gasteiger partial charge is 0.255 e. The highest BCUT2D eigenvalue weighted by atomic mass is 79.9. The fraction of sp³-hybridized carbons (Fsp3) is 0.235. The van der Waals surface area contributed by atoms with Crippen molar-refractivity contribution in [3.8, 4) is 0 Å². The van der Waals surface area contributed by atoms with E-state index in [0.29, 0.717) is 15.7 Å². The second kappa shape index (κ2) is 5.98. The maximum atomic E-state index is 13.4. The second-order valence-electron chi connectivity index (χ2n) is 5.91. The summed E-state index contributed by atoms with van der Waals surface area (Å²) in [5, 5.41) is 2.68. The summed E-state index contributed by atoms with van der Waals surface area (Å²) in [5.74, 6) is -0.659. The predicted molar refractivity (Wildman–Crippen MR) is 87.2 cm³/mol. The van der Waals surface area contributed by atoms with Crippen LogP contribution < -0.4 is 5.32 Å². The molecule has 0 aliphatic rings. The lowest BCUT2D eigenvalue weighted by Crippen LogP contribution is -2.14. The van der Waals surface area contributed by atoms with Crippen molar-refractivity contribution < 1.29 is 9.18 Å². The van der Waals surface area contributed by atoms with E-state index in [9.17, 15) is 9.18 Å². The molecule has 0 radical (unpaired) electrons. The SMILES string of the molecule is CC(C)(C)c1ccc(C(=O)Nc2ccc(Br)c(F)c2)cc1. The lowest BCUT2D eigenvalue weighted by Gasteiger charge is -2.19. The summed E-state index contributed by atoms with van der Waals surface area (Å²) in [6.07, 6.45) is 0. The molecule has 2 aromatic carbocycles. The summed E-state index contributed by atoms with van der Waals surface area (Å²) in [4.78, 5) is 12.1. The van der Waals surface area contributed by atoms with Crippen LogP contribution >= 0.6 is 15.9 Å². The van der Waals surface area contributed by atoms with E-state index < -0.39 is 5.82 Å². The van der Waals surface area contributed by atoms with E-state index in [1.807, 2.05) is 12.1 Å². The second-order valence-corrected chi connectivity index (χ2v) is 6.76. The van der Waals surface area contributed by atoms with Gasteiger partial charge in [-0.1, -0.05) is 32.9 Å². The van der Waals surface area contributed by atoms with Crippen LogP contribution in [0, 0.1) is 5.82 Å². The van der Waals surface area contributed by atoms with Crippen LogP contribution in [-0.2, 0) is 5.41 Å². The minimum Gasteiger partial charge on any atom is -0.322 e. The van der Waals surface area contributed by atoms with Gasteiger partial charge in [-0.3, -0.25) is 4.79 Å². The van der Waals surface area contributed by atoms with Gasteiger partial charge in [0.1, 0.15) is 5.82 Å². The molecule has 0 heterocycles. The number of rotatable bonds is 2. The minimum absolute atomic E-state index is 0.0455. The van der Waals surface area contributed by atoms with Gasteiger partial charge in [0, 0.05) is 11.3 Å².